The molecule has 0 radical (unpaired) electrons. The molecule has 2 aromatic carbocycles. The lowest BCUT2D eigenvalue weighted by Crippen LogP contribution is -2.13. The normalized spacial score (nSPS) is 10.5. The zero-order chi connectivity index (χ0) is 17.5. The highest BCUT2D eigenvalue weighted by atomic mass is 35.5. The molecule has 0 saturated heterocycles. The van der Waals surface area contributed by atoms with E-state index in [1.165, 1.54) is 0 Å². The first-order valence-corrected chi connectivity index (χ1v) is 7.95. The summed E-state index contributed by atoms with van der Waals surface area (Å²) in [4.78, 5) is 10.8. The van der Waals surface area contributed by atoms with Gasteiger partial charge in [-0.2, -0.15) is 0 Å². The number of carboxylic acid groups (broad SMARTS) is 1. The van der Waals surface area contributed by atoms with Crippen LogP contribution in [0.15, 0.2) is 36.4 Å². The SMILES string of the molecule is CCOc1cc(Cl)c(CNCc2ccc(C(=O)O)cc2)cc1OC. The van der Waals surface area contributed by atoms with E-state index in [0.29, 0.717) is 36.2 Å². The van der Waals surface area contributed by atoms with Gasteiger partial charge >= 0.3 is 5.97 Å². The van der Waals surface area contributed by atoms with E-state index in [-0.39, 0.29) is 5.56 Å². The average Bonchev–Trinajstić information content (AvgIpc) is 2.57. The van der Waals surface area contributed by atoms with Gasteiger partial charge in [0.25, 0.3) is 0 Å². The van der Waals surface area contributed by atoms with Gasteiger partial charge in [-0.3, -0.25) is 0 Å². The fourth-order valence-corrected chi connectivity index (χ4v) is 2.47. The molecule has 2 N–H and O–H groups in total. The third-order valence-electron chi connectivity index (χ3n) is 3.48. The van der Waals surface area contributed by atoms with E-state index < -0.39 is 5.97 Å². The second-order valence-corrected chi connectivity index (χ2v) is 5.54. The van der Waals surface area contributed by atoms with Gasteiger partial charge in [-0.25, -0.2) is 4.79 Å². The van der Waals surface area contributed by atoms with Gasteiger partial charge in [0.15, 0.2) is 11.5 Å². The highest BCUT2D eigenvalue weighted by Gasteiger charge is 2.10. The van der Waals surface area contributed by atoms with Crippen LogP contribution in [0.4, 0.5) is 0 Å². The number of methoxy groups -OCH3 is 1. The fourth-order valence-electron chi connectivity index (χ4n) is 2.25. The van der Waals surface area contributed by atoms with E-state index in [4.69, 9.17) is 26.2 Å². The van der Waals surface area contributed by atoms with Crippen LogP contribution in [0.2, 0.25) is 5.02 Å². The predicted molar refractivity (Wildman–Crippen MR) is 93.1 cm³/mol. The van der Waals surface area contributed by atoms with Crippen LogP contribution in [-0.2, 0) is 13.1 Å². The van der Waals surface area contributed by atoms with Crippen LogP contribution in [0.3, 0.4) is 0 Å². The molecule has 0 fully saturated rings. The molecule has 2 aromatic rings. The molecule has 0 amide bonds. The minimum atomic E-state index is -0.928. The van der Waals surface area contributed by atoms with Crippen molar-refractivity contribution < 1.29 is 19.4 Å². The van der Waals surface area contributed by atoms with Gasteiger partial charge < -0.3 is 19.9 Å². The number of rotatable bonds is 8. The van der Waals surface area contributed by atoms with Crippen LogP contribution in [-0.4, -0.2) is 24.8 Å². The molecule has 128 valence electrons. The molecular weight excluding hydrogens is 330 g/mol. The number of nitrogens with one attached hydrogen (secondary N) is 1. The number of aromatic carboxylic acids is 1. The van der Waals surface area contributed by atoms with Crippen LogP contribution in [0, 0.1) is 0 Å². The molecule has 2 rings (SSSR count). The topological polar surface area (TPSA) is 67.8 Å². The first-order chi connectivity index (χ1) is 11.5. The summed E-state index contributed by atoms with van der Waals surface area (Å²) in [7, 11) is 1.59. The largest absolute Gasteiger partial charge is 0.493 e. The molecule has 0 spiro atoms. The van der Waals surface area contributed by atoms with E-state index in [9.17, 15) is 4.79 Å². The number of carbonyl (C=O) groups is 1. The summed E-state index contributed by atoms with van der Waals surface area (Å²) < 4.78 is 10.8. The number of hydrogen-bond acceptors (Lipinski definition) is 4. The highest BCUT2D eigenvalue weighted by Crippen LogP contribution is 2.33. The first-order valence-electron chi connectivity index (χ1n) is 7.57. The third kappa shape index (κ3) is 4.63. The van der Waals surface area contributed by atoms with Crippen LogP contribution in [0.5, 0.6) is 11.5 Å². The maximum Gasteiger partial charge on any atom is 0.335 e. The Kier molecular flexibility index (Phi) is 6.46. The van der Waals surface area contributed by atoms with Crippen molar-refractivity contribution in [1.82, 2.24) is 5.32 Å². The molecule has 0 aliphatic rings. The predicted octanol–water partition coefficient (Wildman–Crippen LogP) is 3.74. The van der Waals surface area contributed by atoms with Crippen LogP contribution >= 0.6 is 11.6 Å². The van der Waals surface area contributed by atoms with Gasteiger partial charge in [0.05, 0.1) is 19.3 Å². The lowest BCUT2D eigenvalue weighted by atomic mass is 10.1. The van der Waals surface area contributed by atoms with Crippen molar-refractivity contribution in [2.45, 2.75) is 20.0 Å². The number of ether oxygens (including phenoxy) is 2. The van der Waals surface area contributed by atoms with Crippen molar-refractivity contribution in [3.63, 3.8) is 0 Å². The smallest absolute Gasteiger partial charge is 0.335 e. The van der Waals surface area contributed by atoms with Gasteiger partial charge in [-0.15, -0.1) is 0 Å². The van der Waals surface area contributed by atoms with E-state index in [0.717, 1.165) is 11.1 Å². The number of hydrogen-bond donors (Lipinski definition) is 2. The van der Waals surface area contributed by atoms with Gasteiger partial charge in [0, 0.05) is 24.2 Å². The maximum absolute atomic E-state index is 10.8. The molecule has 0 heterocycles. The molecule has 5 nitrogen and oxygen atoms in total. The zero-order valence-corrected chi connectivity index (χ0v) is 14.4. The molecule has 0 atom stereocenters. The Morgan fingerprint density at radius 1 is 1.17 bits per heavy atom. The summed E-state index contributed by atoms with van der Waals surface area (Å²) in [6, 6.07) is 10.4. The lowest BCUT2D eigenvalue weighted by molar-refractivity contribution is 0.0697. The van der Waals surface area contributed by atoms with E-state index >= 15 is 0 Å². The van der Waals surface area contributed by atoms with Crippen LogP contribution in [0.1, 0.15) is 28.4 Å². The molecule has 0 bridgehead atoms. The Balaban J connectivity index is 2.00. The standard InChI is InChI=1S/C18H20ClNO4/c1-3-24-17-9-15(19)14(8-16(17)23-2)11-20-10-12-4-6-13(7-5-12)18(21)22/h4-9,20H,3,10-11H2,1-2H3,(H,21,22). The number of halogens is 1. The number of benzene rings is 2. The Hall–Kier alpha value is -2.24. The van der Waals surface area contributed by atoms with Crippen molar-refractivity contribution in [3.8, 4) is 11.5 Å². The van der Waals surface area contributed by atoms with E-state index in [2.05, 4.69) is 5.32 Å². The summed E-state index contributed by atoms with van der Waals surface area (Å²) in [6.45, 7) is 3.60. The van der Waals surface area contributed by atoms with E-state index in [1.807, 2.05) is 13.0 Å². The van der Waals surface area contributed by atoms with Crippen LogP contribution in [0.25, 0.3) is 0 Å². The molecule has 0 aromatic heterocycles. The quantitative estimate of drug-likeness (QED) is 0.760. The van der Waals surface area contributed by atoms with Crippen molar-refractivity contribution in [3.05, 3.63) is 58.1 Å². The second kappa shape index (κ2) is 8.57. The Morgan fingerprint density at radius 2 is 1.88 bits per heavy atom. The summed E-state index contributed by atoms with van der Waals surface area (Å²) in [6.07, 6.45) is 0. The Morgan fingerprint density at radius 3 is 2.46 bits per heavy atom. The second-order valence-electron chi connectivity index (χ2n) is 5.13. The number of carboxylic acids is 1. The summed E-state index contributed by atoms with van der Waals surface area (Å²) in [5.74, 6) is 0.338. The average molecular weight is 350 g/mol. The van der Waals surface area contributed by atoms with Crippen molar-refractivity contribution in [2.24, 2.45) is 0 Å². The van der Waals surface area contributed by atoms with E-state index in [1.54, 1.807) is 37.4 Å². The van der Waals surface area contributed by atoms with Gasteiger partial charge in [0.2, 0.25) is 0 Å². The Bertz CT molecular complexity index is 701. The molecule has 0 aliphatic carbocycles. The summed E-state index contributed by atoms with van der Waals surface area (Å²) >= 11 is 6.29. The molecule has 6 heteroatoms. The summed E-state index contributed by atoms with van der Waals surface area (Å²) in [5, 5.41) is 12.8. The molecule has 24 heavy (non-hydrogen) atoms. The van der Waals surface area contributed by atoms with Crippen molar-refractivity contribution >= 4 is 17.6 Å². The Labute approximate surface area is 146 Å². The van der Waals surface area contributed by atoms with Gasteiger partial charge in [-0.1, -0.05) is 23.7 Å². The first kappa shape index (κ1) is 18.1. The van der Waals surface area contributed by atoms with Crippen molar-refractivity contribution in [1.29, 1.82) is 0 Å². The highest BCUT2D eigenvalue weighted by molar-refractivity contribution is 6.31. The molecule has 0 aliphatic heterocycles. The molecule has 0 saturated carbocycles. The van der Waals surface area contributed by atoms with Crippen molar-refractivity contribution in [2.75, 3.05) is 13.7 Å². The lowest BCUT2D eigenvalue weighted by Gasteiger charge is -2.13. The van der Waals surface area contributed by atoms with Gasteiger partial charge in [0.1, 0.15) is 0 Å². The minimum Gasteiger partial charge on any atom is -0.493 e. The third-order valence-corrected chi connectivity index (χ3v) is 3.83. The van der Waals surface area contributed by atoms with Crippen LogP contribution < -0.4 is 14.8 Å². The molecule has 0 unspecified atom stereocenters. The minimum absolute atomic E-state index is 0.276. The maximum atomic E-state index is 10.8. The van der Waals surface area contributed by atoms with Gasteiger partial charge in [-0.05, 0) is 36.2 Å². The summed E-state index contributed by atoms with van der Waals surface area (Å²) in [5.41, 5.74) is 2.17. The monoisotopic (exact) mass is 349 g/mol. The molecular formula is C18H20ClNO4. The fraction of sp³-hybridized carbons (Fsp3) is 0.278. The zero-order valence-electron chi connectivity index (χ0n) is 13.6.